The normalized spacial score (nSPS) is 12.2. The highest BCUT2D eigenvalue weighted by molar-refractivity contribution is 9.10. The van der Waals surface area contributed by atoms with Crippen molar-refractivity contribution in [1.82, 2.24) is 0 Å². The van der Waals surface area contributed by atoms with E-state index in [4.69, 9.17) is 10.5 Å². The second kappa shape index (κ2) is 6.17. The molecule has 2 aromatic rings. The molecule has 100 valence electrons. The van der Waals surface area contributed by atoms with Gasteiger partial charge >= 0.3 is 0 Å². The molecule has 0 spiro atoms. The Kier molecular flexibility index (Phi) is 4.56. The van der Waals surface area contributed by atoms with E-state index in [0.717, 1.165) is 10.0 Å². The van der Waals surface area contributed by atoms with Crippen molar-refractivity contribution < 1.29 is 9.13 Å². The first-order valence-corrected chi connectivity index (χ1v) is 6.81. The molecule has 2 rings (SSSR count). The van der Waals surface area contributed by atoms with Gasteiger partial charge in [0.15, 0.2) is 0 Å². The highest BCUT2D eigenvalue weighted by Gasteiger charge is 2.08. The molecule has 0 amide bonds. The van der Waals surface area contributed by atoms with Gasteiger partial charge in [0.05, 0.1) is 0 Å². The van der Waals surface area contributed by atoms with Crippen LogP contribution in [0.3, 0.4) is 0 Å². The fourth-order valence-electron chi connectivity index (χ4n) is 1.80. The molecule has 2 nitrogen and oxygen atoms in total. The molecule has 2 aromatic carbocycles. The Hall–Kier alpha value is -1.39. The van der Waals surface area contributed by atoms with Gasteiger partial charge in [-0.25, -0.2) is 4.39 Å². The van der Waals surface area contributed by atoms with E-state index >= 15 is 0 Å². The average Bonchev–Trinajstić information content (AvgIpc) is 2.32. The van der Waals surface area contributed by atoms with E-state index in [1.165, 1.54) is 12.1 Å². The minimum absolute atomic E-state index is 0.0380. The topological polar surface area (TPSA) is 35.2 Å². The van der Waals surface area contributed by atoms with Gasteiger partial charge in [-0.3, -0.25) is 0 Å². The highest BCUT2D eigenvalue weighted by Crippen LogP contribution is 2.29. The third kappa shape index (κ3) is 4.04. The summed E-state index contributed by atoms with van der Waals surface area (Å²) in [7, 11) is 0. The van der Waals surface area contributed by atoms with Crippen molar-refractivity contribution in [3.8, 4) is 11.5 Å². The van der Waals surface area contributed by atoms with E-state index in [2.05, 4.69) is 15.9 Å². The first-order valence-electron chi connectivity index (χ1n) is 6.02. The number of halogens is 2. The minimum atomic E-state index is -0.318. The molecule has 1 atom stereocenters. The lowest BCUT2D eigenvalue weighted by Gasteiger charge is -2.13. The molecule has 0 aliphatic rings. The summed E-state index contributed by atoms with van der Waals surface area (Å²) in [6.45, 7) is 1.94. The van der Waals surface area contributed by atoms with Crippen molar-refractivity contribution in [2.75, 3.05) is 0 Å². The molecular formula is C15H15BrFNO. The molecule has 2 N–H and O–H groups in total. The molecule has 0 aliphatic carbocycles. The lowest BCUT2D eigenvalue weighted by molar-refractivity contribution is 0.468. The molecule has 0 bridgehead atoms. The van der Waals surface area contributed by atoms with Gasteiger partial charge in [0.1, 0.15) is 17.3 Å². The van der Waals surface area contributed by atoms with Crippen molar-refractivity contribution in [1.29, 1.82) is 0 Å². The van der Waals surface area contributed by atoms with Gasteiger partial charge in [0.25, 0.3) is 0 Å². The minimum Gasteiger partial charge on any atom is -0.457 e. The number of rotatable bonds is 4. The van der Waals surface area contributed by atoms with Crippen LogP contribution in [0.1, 0.15) is 12.5 Å². The second-order valence-corrected chi connectivity index (χ2v) is 5.41. The van der Waals surface area contributed by atoms with Crippen LogP contribution in [0.25, 0.3) is 0 Å². The Morgan fingerprint density at radius 2 is 2.05 bits per heavy atom. The summed E-state index contributed by atoms with van der Waals surface area (Å²) < 4.78 is 19.8. The molecule has 0 aromatic heterocycles. The quantitative estimate of drug-likeness (QED) is 0.911. The molecule has 0 fully saturated rings. The molecule has 0 saturated carbocycles. The van der Waals surface area contributed by atoms with Crippen molar-refractivity contribution in [2.24, 2.45) is 5.73 Å². The lowest BCUT2D eigenvalue weighted by Crippen LogP contribution is -2.18. The van der Waals surface area contributed by atoms with Gasteiger partial charge in [0.2, 0.25) is 0 Å². The number of benzene rings is 2. The predicted octanol–water partition coefficient (Wildman–Crippen LogP) is 4.27. The summed E-state index contributed by atoms with van der Waals surface area (Å²) in [5.74, 6) is 0.850. The van der Waals surface area contributed by atoms with Crippen molar-refractivity contribution >= 4 is 15.9 Å². The van der Waals surface area contributed by atoms with Gasteiger partial charge in [-0.15, -0.1) is 0 Å². The summed E-state index contributed by atoms with van der Waals surface area (Å²) in [5, 5.41) is 0. The average molecular weight is 324 g/mol. The summed E-state index contributed by atoms with van der Waals surface area (Å²) in [5.41, 5.74) is 6.82. The molecule has 0 heterocycles. The van der Waals surface area contributed by atoms with E-state index in [0.29, 0.717) is 17.9 Å². The molecule has 4 heteroatoms. The summed E-state index contributed by atoms with van der Waals surface area (Å²) in [6, 6.07) is 11.9. The van der Waals surface area contributed by atoms with Crippen LogP contribution in [0, 0.1) is 5.82 Å². The Labute approximate surface area is 120 Å². The smallest absolute Gasteiger partial charge is 0.131 e. The van der Waals surface area contributed by atoms with E-state index in [1.807, 2.05) is 25.1 Å². The van der Waals surface area contributed by atoms with E-state index < -0.39 is 0 Å². The Bertz CT molecular complexity index is 572. The summed E-state index contributed by atoms with van der Waals surface area (Å²) >= 11 is 3.41. The predicted molar refractivity (Wildman–Crippen MR) is 78.0 cm³/mol. The first kappa shape index (κ1) is 14.0. The summed E-state index contributed by atoms with van der Waals surface area (Å²) in [4.78, 5) is 0. The van der Waals surface area contributed by atoms with Crippen LogP contribution in [0.5, 0.6) is 11.5 Å². The lowest BCUT2D eigenvalue weighted by atomic mass is 10.1. The molecule has 19 heavy (non-hydrogen) atoms. The monoisotopic (exact) mass is 323 g/mol. The number of hydrogen-bond acceptors (Lipinski definition) is 2. The van der Waals surface area contributed by atoms with Crippen LogP contribution in [-0.2, 0) is 6.42 Å². The molecule has 0 saturated heterocycles. The number of ether oxygens (including phenoxy) is 1. The van der Waals surface area contributed by atoms with Crippen LogP contribution in [-0.4, -0.2) is 6.04 Å². The number of hydrogen-bond donors (Lipinski definition) is 1. The van der Waals surface area contributed by atoms with E-state index in [1.54, 1.807) is 12.1 Å². The van der Waals surface area contributed by atoms with E-state index in [9.17, 15) is 4.39 Å². The Morgan fingerprint density at radius 3 is 2.74 bits per heavy atom. The Balaban J connectivity index is 2.30. The van der Waals surface area contributed by atoms with Crippen LogP contribution in [0.15, 0.2) is 46.9 Å². The highest BCUT2D eigenvalue weighted by atomic mass is 79.9. The third-order valence-corrected chi connectivity index (χ3v) is 3.09. The molecule has 0 aliphatic heterocycles. The number of nitrogens with two attached hydrogens (primary N) is 1. The standard InChI is InChI=1S/C15H15BrFNO/c1-10(18)7-11-5-6-12(16)8-15(11)19-14-4-2-3-13(17)9-14/h2-6,8-10H,7,18H2,1H3. The maximum absolute atomic E-state index is 13.2. The van der Waals surface area contributed by atoms with Gasteiger partial charge in [-0.05, 0) is 43.2 Å². The molecule has 0 radical (unpaired) electrons. The van der Waals surface area contributed by atoms with Crippen LogP contribution >= 0.6 is 15.9 Å². The SMILES string of the molecule is CC(N)Cc1ccc(Br)cc1Oc1cccc(F)c1. The fraction of sp³-hybridized carbons (Fsp3) is 0.200. The van der Waals surface area contributed by atoms with E-state index in [-0.39, 0.29) is 11.9 Å². The van der Waals surface area contributed by atoms with Crippen LogP contribution < -0.4 is 10.5 Å². The van der Waals surface area contributed by atoms with Gasteiger partial charge in [-0.1, -0.05) is 28.1 Å². The van der Waals surface area contributed by atoms with Crippen molar-refractivity contribution in [2.45, 2.75) is 19.4 Å². The fourth-order valence-corrected chi connectivity index (χ4v) is 2.14. The van der Waals surface area contributed by atoms with Crippen molar-refractivity contribution in [3.05, 3.63) is 58.3 Å². The van der Waals surface area contributed by atoms with Gasteiger partial charge in [-0.2, -0.15) is 0 Å². The Morgan fingerprint density at radius 1 is 1.26 bits per heavy atom. The zero-order chi connectivity index (χ0) is 13.8. The zero-order valence-electron chi connectivity index (χ0n) is 10.6. The van der Waals surface area contributed by atoms with Crippen molar-refractivity contribution in [3.63, 3.8) is 0 Å². The third-order valence-electron chi connectivity index (χ3n) is 2.59. The van der Waals surface area contributed by atoms with Gasteiger partial charge in [0, 0.05) is 16.6 Å². The molecule has 1 unspecified atom stereocenters. The van der Waals surface area contributed by atoms with Gasteiger partial charge < -0.3 is 10.5 Å². The van der Waals surface area contributed by atoms with Crippen LogP contribution in [0.2, 0.25) is 0 Å². The maximum atomic E-state index is 13.2. The first-order chi connectivity index (χ1) is 9.04. The maximum Gasteiger partial charge on any atom is 0.131 e. The zero-order valence-corrected chi connectivity index (χ0v) is 12.2. The second-order valence-electron chi connectivity index (χ2n) is 4.49. The molecular weight excluding hydrogens is 309 g/mol. The van der Waals surface area contributed by atoms with Crippen LogP contribution in [0.4, 0.5) is 4.39 Å². The largest absolute Gasteiger partial charge is 0.457 e. The summed E-state index contributed by atoms with van der Waals surface area (Å²) in [6.07, 6.45) is 0.706.